The van der Waals surface area contributed by atoms with E-state index in [2.05, 4.69) is 9.97 Å². The van der Waals surface area contributed by atoms with E-state index in [-0.39, 0.29) is 11.4 Å². The number of H-pyrrole nitrogens is 1. The monoisotopic (exact) mass is 300 g/mol. The normalized spacial score (nSPS) is 14.7. The Labute approximate surface area is 124 Å². The zero-order valence-electron chi connectivity index (χ0n) is 11.2. The first-order valence-corrected chi connectivity index (χ1v) is 7.79. The fraction of sp³-hybridized carbons (Fsp3) is 0.250. The van der Waals surface area contributed by atoms with Gasteiger partial charge in [0.05, 0.1) is 5.52 Å². The Morgan fingerprint density at radius 2 is 2.05 bits per heavy atom. The number of halogens is 1. The van der Waals surface area contributed by atoms with Gasteiger partial charge >= 0.3 is 0 Å². The molecule has 4 rings (SSSR count). The van der Waals surface area contributed by atoms with Crippen LogP contribution >= 0.6 is 11.3 Å². The predicted octanol–water partition coefficient (Wildman–Crippen LogP) is 3.74. The number of hydrogen-bond donors (Lipinski definition) is 1. The van der Waals surface area contributed by atoms with Gasteiger partial charge in [0.15, 0.2) is 0 Å². The molecule has 106 valence electrons. The van der Waals surface area contributed by atoms with Gasteiger partial charge in [-0.2, -0.15) is 0 Å². The summed E-state index contributed by atoms with van der Waals surface area (Å²) in [4.78, 5) is 20.5. The molecule has 0 atom stereocenters. The molecule has 1 fully saturated rings. The number of hydrogen-bond acceptors (Lipinski definition) is 3. The van der Waals surface area contributed by atoms with E-state index in [1.807, 2.05) is 6.07 Å². The zero-order valence-corrected chi connectivity index (χ0v) is 12.0. The van der Waals surface area contributed by atoms with Crippen molar-refractivity contribution in [3.05, 3.63) is 52.3 Å². The predicted molar refractivity (Wildman–Crippen MR) is 82.1 cm³/mol. The quantitative estimate of drug-likeness (QED) is 0.801. The third-order valence-electron chi connectivity index (χ3n) is 3.74. The van der Waals surface area contributed by atoms with Crippen molar-refractivity contribution in [3.8, 4) is 10.4 Å². The van der Waals surface area contributed by atoms with Crippen molar-refractivity contribution in [1.82, 2.24) is 9.97 Å². The van der Waals surface area contributed by atoms with Crippen LogP contribution in [0.3, 0.4) is 0 Å². The van der Waals surface area contributed by atoms with Crippen LogP contribution in [0, 0.1) is 11.7 Å². The summed E-state index contributed by atoms with van der Waals surface area (Å²) in [5.41, 5.74) is 1.57. The average molecular weight is 300 g/mol. The molecule has 21 heavy (non-hydrogen) atoms. The van der Waals surface area contributed by atoms with E-state index in [9.17, 15) is 9.18 Å². The number of aromatic nitrogens is 2. The van der Waals surface area contributed by atoms with Crippen molar-refractivity contribution >= 4 is 21.6 Å². The number of nitrogens with one attached hydrogen (secondary N) is 1. The Hall–Kier alpha value is -2.01. The molecule has 1 saturated carbocycles. The lowest BCUT2D eigenvalue weighted by Crippen LogP contribution is -2.10. The van der Waals surface area contributed by atoms with Crippen LogP contribution in [0.4, 0.5) is 4.39 Å². The fourth-order valence-corrected chi connectivity index (χ4v) is 3.43. The topological polar surface area (TPSA) is 45.8 Å². The summed E-state index contributed by atoms with van der Waals surface area (Å²) in [6, 6.07) is 8.21. The van der Waals surface area contributed by atoms with E-state index in [0.29, 0.717) is 10.6 Å². The molecule has 0 spiro atoms. The van der Waals surface area contributed by atoms with E-state index >= 15 is 0 Å². The van der Waals surface area contributed by atoms with Crippen LogP contribution in [-0.2, 0) is 6.42 Å². The molecule has 0 saturated heterocycles. The van der Waals surface area contributed by atoms with Crippen molar-refractivity contribution < 1.29 is 4.39 Å². The first-order valence-electron chi connectivity index (χ1n) is 6.98. The van der Waals surface area contributed by atoms with Gasteiger partial charge in [0.25, 0.3) is 5.56 Å². The number of aromatic amines is 1. The molecule has 0 amide bonds. The van der Waals surface area contributed by atoms with Crippen LogP contribution in [0.25, 0.3) is 20.7 Å². The van der Waals surface area contributed by atoms with Crippen molar-refractivity contribution in [3.63, 3.8) is 0 Å². The van der Waals surface area contributed by atoms with Gasteiger partial charge < -0.3 is 4.98 Å². The summed E-state index contributed by atoms with van der Waals surface area (Å²) in [5.74, 6) is 1.20. The van der Waals surface area contributed by atoms with Gasteiger partial charge in [-0.1, -0.05) is 12.1 Å². The molecule has 1 aromatic carbocycles. The van der Waals surface area contributed by atoms with E-state index < -0.39 is 0 Å². The SMILES string of the molecule is O=c1[nH]c(CC2CC2)nc2cc(-c3ccc(F)cc3)sc12. The summed E-state index contributed by atoms with van der Waals surface area (Å²) in [6.45, 7) is 0. The lowest BCUT2D eigenvalue weighted by atomic mass is 10.2. The molecule has 2 heterocycles. The summed E-state index contributed by atoms with van der Waals surface area (Å²) < 4.78 is 13.6. The first-order chi connectivity index (χ1) is 10.2. The maximum absolute atomic E-state index is 13.0. The van der Waals surface area contributed by atoms with Crippen LogP contribution in [0.1, 0.15) is 18.7 Å². The number of nitrogens with zero attached hydrogens (tertiary/aromatic N) is 1. The number of benzene rings is 1. The minimum absolute atomic E-state index is 0.0750. The molecule has 0 unspecified atom stereocenters. The van der Waals surface area contributed by atoms with Crippen LogP contribution in [0.15, 0.2) is 35.1 Å². The molecular weight excluding hydrogens is 287 g/mol. The first kappa shape index (κ1) is 12.7. The molecule has 0 bridgehead atoms. The molecule has 0 radical (unpaired) electrons. The van der Waals surface area contributed by atoms with Gasteiger partial charge in [-0.15, -0.1) is 11.3 Å². The van der Waals surface area contributed by atoms with Crippen LogP contribution < -0.4 is 5.56 Å². The molecule has 1 aliphatic carbocycles. The Balaban J connectivity index is 1.79. The number of rotatable bonds is 3. The minimum Gasteiger partial charge on any atom is -0.309 e. The van der Waals surface area contributed by atoms with Gasteiger partial charge in [0.1, 0.15) is 16.3 Å². The molecular formula is C16H13FN2OS. The Bertz CT molecular complexity index is 862. The second-order valence-corrected chi connectivity index (χ2v) is 6.54. The maximum Gasteiger partial charge on any atom is 0.268 e. The summed E-state index contributed by atoms with van der Waals surface area (Å²) in [5, 5.41) is 0. The smallest absolute Gasteiger partial charge is 0.268 e. The van der Waals surface area contributed by atoms with Crippen LogP contribution in [0.2, 0.25) is 0 Å². The van der Waals surface area contributed by atoms with E-state index in [4.69, 9.17) is 0 Å². The van der Waals surface area contributed by atoms with Crippen LogP contribution in [-0.4, -0.2) is 9.97 Å². The van der Waals surface area contributed by atoms with E-state index in [1.54, 1.807) is 12.1 Å². The summed E-state index contributed by atoms with van der Waals surface area (Å²) in [7, 11) is 0. The van der Waals surface area contributed by atoms with Gasteiger partial charge in [-0.3, -0.25) is 4.79 Å². The van der Waals surface area contributed by atoms with Crippen molar-refractivity contribution in [2.45, 2.75) is 19.3 Å². The van der Waals surface area contributed by atoms with Crippen LogP contribution in [0.5, 0.6) is 0 Å². The number of thiophene rings is 1. The van der Waals surface area contributed by atoms with Gasteiger partial charge in [-0.25, -0.2) is 9.37 Å². The highest BCUT2D eigenvalue weighted by atomic mass is 32.1. The fourth-order valence-electron chi connectivity index (χ4n) is 2.44. The highest BCUT2D eigenvalue weighted by molar-refractivity contribution is 7.22. The lowest BCUT2D eigenvalue weighted by molar-refractivity contribution is 0.628. The molecule has 5 heteroatoms. The van der Waals surface area contributed by atoms with Crippen molar-refractivity contribution in [2.24, 2.45) is 5.92 Å². The number of fused-ring (bicyclic) bond motifs is 1. The third-order valence-corrected chi connectivity index (χ3v) is 4.91. The highest BCUT2D eigenvalue weighted by Gasteiger charge is 2.23. The molecule has 1 N–H and O–H groups in total. The molecule has 1 aliphatic rings. The third kappa shape index (κ3) is 2.49. The van der Waals surface area contributed by atoms with E-state index in [1.165, 1.54) is 36.3 Å². The van der Waals surface area contributed by atoms with Gasteiger partial charge in [0, 0.05) is 11.3 Å². The largest absolute Gasteiger partial charge is 0.309 e. The van der Waals surface area contributed by atoms with Gasteiger partial charge in [0.2, 0.25) is 0 Å². The maximum atomic E-state index is 13.0. The Morgan fingerprint density at radius 1 is 1.29 bits per heavy atom. The van der Waals surface area contributed by atoms with Crippen molar-refractivity contribution in [1.29, 1.82) is 0 Å². The zero-order chi connectivity index (χ0) is 14.4. The average Bonchev–Trinajstić information content (AvgIpc) is 3.15. The molecule has 3 aromatic rings. The Kier molecular flexibility index (Phi) is 2.89. The molecule has 3 nitrogen and oxygen atoms in total. The Morgan fingerprint density at radius 3 is 2.76 bits per heavy atom. The molecule has 0 aliphatic heterocycles. The standard InChI is InChI=1S/C16H13FN2OS/c17-11-5-3-10(4-6-11)13-8-12-15(21-13)16(20)19-14(18-12)7-9-1-2-9/h3-6,8-9H,1-2,7H2,(H,18,19,20). The highest BCUT2D eigenvalue weighted by Crippen LogP contribution is 2.33. The summed E-state index contributed by atoms with van der Waals surface area (Å²) in [6.07, 6.45) is 3.31. The summed E-state index contributed by atoms with van der Waals surface area (Å²) >= 11 is 1.40. The minimum atomic E-state index is -0.262. The lowest BCUT2D eigenvalue weighted by Gasteiger charge is -1.97. The van der Waals surface area contributed by atoms with Gasteiger partial charge in [-0.05, 0) is 42.5 Å². The van der Waals surface area contributed by atoms with E-state index in [0.717, 1.165) is 28.2 Å². The second kappa shape index (κ2) is 4.77. The second-order valence-electron chi connectivity index (χ2n) is 5.49. The molecule has 2 aromatic heterocycles. The van der Waals surface area contributed by atoms with Crippen molar-refractivity contribution in [2.75, 3.05) is 0 Å².